The molecule has 1 fully saturated rings. The van der Waals surface area contributed by atoms with Crippen LogP contribution in [-0.4, -0.2) is 63.9 Å². The molecular formula is C14H26N4OS. The molecular weight excluding hydrogens is 272 g/mol. The van der Waals surface area contributed by atoms with Gasteiger partial charge in [-0.3, -0.25) is 0 Å². The monoisotopic (exact) mass is 298 g/mol. The molecule has 1 aliphatic rings. The van der Waals surface area contributed by atoms with Crippen LogP contribution in [0.2, 0.25) is 0 Å². The molecule has 5 nitrogen and oxygen atoms in total. The molecule has 1 aromatic rings. The van der Waals surface area contributed by atoms with E-state index < -0.39 is 0 Å². The Kier molecular flexibility index (Phi) is 6.22. The maximum Gasteiger partial charge on any atom is 0.185 e. The molecule has 1 atom stereocenters. The van der Waals surface area contributed by atoms with Gasteiger partial charge in [0.1, 0.15) is 0 Å². The van der Waals surface area contributed by atoms with E-state index >= 15 is 0 Å². The fourth-order valence-electron chi connectivity index (χ4n) is 2.58. The fourth-order valence-corrected chi connectivity index (χ4v) is 3.39. The fraction of sp³-hybridized carbons (Fsp3) is 0.786. The average Bonchev–Trinajstić information content (AvgIpc) is 3.04. The second kappa shape index (κ2) is 7.93. The second-order valence-electron chi connectivity index (χ2n) is 5.59. The summed E-state index contributed by atoms with van der Waals surface area (Å²) in [5.41, 5.74) is 1.12. The van der Waals surface area contributed by atoms with E-state index in [1.165, 1.54) is 19.5 Å². The summed E-state index contributed by atoms with van der Waals surface area (Å²) in [7, 11) is 6.07. The minimum absolute atomic E-state index is 0.742. The highest BCUT2D eigenvalue weighted by Crippen LogP contribution is 2.22. The smallest absolute Gasteiger partial charge is 0.185 e. The molecule has 114 valence electrons. The summed E-state index contributed by atoms with van der Waals surface area (Å²) in [6.45, 7) is 5.97. The molecule has 0 spiro atoms. The minimum atomic E-state index is 0.742. The van der Waals surface area contributed by atoms with E-state index in [1.807, 2.05) is 0 Å². The van der Waals surface area contributed by atoms with Gasteiger partial charge in [0, 0.05) is 45.7 Å². The zero-order valence-electron chi connectivity index (χ0n) is 12.8. The van der Waals surface area contributed by atoms with Crippen LogP contribution in [0.25, 0.3) is 0 Å². The Labute approximate surface area is 125 Å². The number of rotatable bonds is 8. The molecule has 6 heteroatoms. The molecule has 2 rings (SSSR count). The number of nitrogens with zero attached hydrogens (tertiary/aromatic N) is 3. The van der Waals surface area contributed by atoms with Gasteiger partial charge in [-0.25, -0.2) is 4.98 Å². The van der Waals surface area contributed by atoms with Gasteiger partial charge in [-0.15, -0.1) is 11.3 Å². The van der Waals surface area contributed by atoms with Crippen LogP contribution in [0.1, 0.15) is 12.1 Å². The van der Waals surface area contributed by atoms with Gasteiger partial charge in [0.25, 0.3) is 0 Å². The van der Waals surface area contributed by atoms with Gasteiger partial charge in [-0.2, -0.15) is 0 Å². The van der Waals surface area contributed by atoms with Crippen molar-refractivity contribution < 1.29 is 4.74 Å². The lowest BCUT2D eigenvalue weighted by Crippen LogP contribution is -2.27. The number of likely N-dealkylation sites (tertiary alicyclic amines) is 1. The number of nitrogens with one attached hydrogen (secondary N) is 1. The maximum atomic E-state index is 5.01. The first-order valence-electron chi connectivity index (χ1n) is 7.22. The molecule has 2 heterocycles. The Morgan fingerprint density at radius 2 is 2.45 bits per heavy atom. The molecule has 0 amide bonds. The Hall–Kier alpha value is -0.690. The summed E-state index contributed by atoms with van der Waals surface area (Å²) in [4.78, 5) is 9.40. The Bertz CT molecular complexity index is 398. The summed E-state index contributed by atoms with van der Waals surface area (Å²) in [5.74, 6) is 0.775. The predicted octanol–water partition coefficient (Wildman–Crippen LogP) is 1.27. The molecule has 0 aliphatic carbocycles. The van der Waals surface area contributed by atoms with Crippen LogP contribution in [-0.2, 0) is 11.3 Å². The van der Waals surface area contributed by atoms with Crippen molar-refractivity contribution in [3.8, 4) is 0 Å². The van der Waals surface area contributed by atoms with Gasteiger partial charge >= 0.3 is 0 Å². The van der Waals surface area contributed by atoms with Gasteiger partial charge < -0.3 is 19.9 Å². The average molecular weight is 298 g/mol. The van der Waals surface area contributed by atoms with E-state index in [1.54, 1.807) is 18.4 Å². The van der Waals surface area contributed by atoms with Gasteiger partial charge in [-0.05, 0) is 25.9 Å². The number of hydrogen-bond acceptors (Lipinski definition) is 6. The normalized spacial score (nSPS) is 19.6. The SMILES string of the molecule is COCCNCc1csc(N(C)CC2CCN(C)C2)n1. The molecule has 0 aromatic carbocycles. The molecule has 1 aliphatic heterocycles. The molecule has 0 saturated carbocycles. The van der Waals surface area contributed by atoms with E-state index in [4.69, 9.17) is 9.72 Å². The van der Waals surface area contributed by atoms with Crippen molar-refractivity contribution in [2.24, 2.45) is 5.92 Å². The van der Waals surface area contributed by atoms with Gasteiger partial charge in [0.2, 0.25) is 0 Å². The predicted molar refractivity (Wildman–Crippen MR) is 84.6 cm³/mol. The quantitative estimate of drug-likeness (QED) is 0.732. The van der Waals surface area contributed by atoms with Gasteiger partial charge in [-0.1, -0.05) is 0 Å². The van der Waals surface area contributed by atoms with Crippen molar-refractivity contribution in [2.45, 2.75) is 13.0 Å². The van der Waals surface area contributed by atoms with E-state index in [9.17, 15) is 0 Å². The molecule has 1 saturated heterocycles. The first-order valence-corrected chi connectivity index (χ1v) is 8.10. The van der Waals surface area contributed by atoms with Crippen molar-refractivity contribution in [1.29, 1.82) is 0 Å². The van der Waals surface area contributed by atoms with Crippen molar-refractivity contribution in [2.75, 3.05) is 58.9 Å². The van der Waals surface area contributed by atoms with Crippen LogP contribution in [0.3, 0.4) is 0 Å². The largest absolute Gasteiger partial charge is 0.383 e. The summed E-state index contributed by atoms with van der Waals surface area (Å²) in [6.07, 6.45) is 1.30. The summed E-state index contributed by atoms with van der Waals surface area (Å²) in [5, 5.41) is 6.60. The van der Waals surface area contributed by atoms with Gasteiger partial charge in [0.15, 0.2) is 5.13 Å². The first kappa shape index (κ1) is 15.7. The Morgan fingerprint density at radius 3 is 3.15 bits per heavy atom. The number of aromatic nitrogens is 1. The molecule has 1 aromatic heterocycles. The summed E-state index contributed by atoms with van der Waals surface area (Å²) < 4.78 is 5.01. The molecule has 0 bridgehead atoms. The highest BCUT2D eigenvalue weighted by molar-refractivity contribution is 7.13. The van der Waals surface area contributed by atoms with Gasteiger partial charge in [0.05, 0.1) is 12.3 Å². The van der Waals surface area contributed by atoms with E-state index in [0.29, 0.717) is 0 Å². The van der Waals surface area contributed by atoms with Crippen LogP contribution >= 0.6 is 11.3 Å². The first-order chi connectivity index (χ1) is 9.69. The van der Waals surface area contributed by atoms with Crippen LogP contribution in [0.5, 0.6) is 0 Å². The number of hydrogen-bond donors (Lipinski definition) is 1. The van der Waals surface area contributed by atoms with Crippen LogP contribution < -0.4 is 10.2 Å². The van der Waals surface area contributed by atoms with Crippen LogP contribution in [0.15, 0.2) is 5.38 Å². The highest BCUT2D eigenvalue weighted by atomic mass is 32.1. The third-order valence-corrected chi connectivity index (χ3v) is 4.68. The third kappa shape index (κ3) is 4.70. The topological polar surface area (TPSA) is 40.6 Å². The van der Waals surface area contributed by atoms with Crippen LogP contribution in [0.4, 0.5) is 5.13 Å². The lowest BCUT2D eigenvalue weighted by molar-refractivity contribution is 0.199. The van der Waals surface area contributed by atoms with E-state index in [0.717, 1.165) is 43.0 Å². The van der Waals surface area contributed by atoms with E-state index in [2.05, 4.69) is 34.6 Å². The highest BCUT2D eigenvalue weighted by Gasteiger charge is 2.21. The minimum Gasteiger partial charge on any atom is -0.383 e. The number of methoxy groups -OCH3 is 1. The molecule has 0 radical (unpaired) electrons. The lowest BCUT2D eigenvalue weighted by Gasteiger charge is -2.20. The Morgan fingerprint density at radius 1 is 1.60 bits per heavy atom. The van der Waals surface area contributed by atoms with E-state index in [-0.39, 0.29) is 0 Å². The van der Waals surface area contributed by atoms with Crippen molar-refractivity contribution >= 4 is 16.5 Å². The Balaban J connectivity index is 1.75. The summed E-state index contributed by atoms with van der Waals surface area (Å²) in [6, 6.07) is 0. The zero-order valence-corrected chi connectivity index (χ0v) is 13.6. The molecule has 1 unspecified atom stereocenters. The third-order valence-electron chi connectivity index (χ3n) is 3.68. The number of thiazole rings is 1. The number of ether oxygens (including phenoxy) is 1. The lowest BCUT2D eigenvalue weighted by atomic mass is 10.1. The van der Waals surface area contributed by atoms with Crippen LogP contribution in [0, 0.1) is 5.92 Å². The van der Waals surface area contributed by atoms with Crippen molar-refractivity contribution in [3.63, 3.8) is 0 Å². The molecule has 1 N–H and O–H groups in total. The second-order valence-corrected chi connectivity index (χ2v) is 6.43. The zero-order chi connectivity index (χ0) is 14.4. The van der Waals surface area contributed by atoms with Crippen molar-refractivity contribution in [1.82, 2.24) is 15.2 Å². The summed E-state index contributed by atoms with van der Waals surface area (Å²) >= 11 is 1.74. The number of anilines is 1. The maximum absolute atomic E-state index is 5.01. The molecule has 20 heavy (non-hydrogen) atoms. The standard InChI is InChI=1S/C14H26N4OS/c1-17-6-4-12(9-17)10-18(2)14-16-13(11-20-14)8-15-5-7-19-3/h11-12,15H,4-10H2,1-3H3. The van der Waals surface area contributed by atoms with Crippen molar-refractivity contribution in [3.05, 3.63) is 11.1 Å².